The van der Waals surface area contributed by atoms with Gasteiger partial charge in [-0.2, -0.15) is 0 Å². The molecule has 0 heterocycles. The Kier molecular flexibility index (Phi) is 4.69. The average molecular weight is 277 g/mol. The van der Waals surface area contributed by atoms with E-state index in [0.29, 0.717) is 17.9 Å². The maximum Gasteiger partial charge on any atom is 0.131 e. The molecular formula is C16H17F2NO. The third-order valence-electron chi connectivity index (χ3n) is 3.23. The van der Waals surface area contributed by atoms with Crippen molar-refractivity contribution in [2.24, 2.45) is 0 Å². The van der Waals surface area contributed by atoms with Crippen LogP contribution < -0.4 is 10.1 Å². The van der Waals surface area contributed by atoms with Crippen LogP contribution >= 0.6 is 0 Å². The number of ether oxygens (including phenoxy) is 1. The molecule has 1 N–H and O–H groups in total. The molecule has 0 aromatic heterocycles. The van der Waals surface area contributed by atoms with E-state index in [4.69, 9.17) is 4.74 Å². The molecule has 0 fully saturated rings. The molecule has 4 heteroatoms. The number of rotatable bonds is 5. The molecule has 0 saturated heterocycles. The van der Waals surface area contributed by atoms with Gasteiger partial charge in [0.1, 0.15) is 17.4 Å². The molecule has 1 atom stereocenters. The van der Waals surface area contributed by atoms with Gasteiger partial charge in [-0.1, -0.05) is 18.2 Å². The van der Waals surface area contributed by atoms with E-state index < -0.39 is 0 Å². The number of halogens is 2. The second kappa shape index (κ2) is 6.48. The van der Waals surface area contributed by atoms with E-state index in [0.717, 1.165) is 5.56 Å². The van der Waals surface area contributed by atoms with E-state index >= 15 is 0 Å². The van der Waals surface area contributed by atoms with Crippen molar-refractivity contribution in [1.29, 1.82) is 0 Å². The quantitative estimate of drug-likeness (QED) is 0.897. The van der Waals surface area contributed by atoms with Gasteiger partial charge >= 0.3 is 0 Å². The van der Waals surface area contributed by atoms with Crippen LogP contribution in [0.4, 0.5) is 8.78 Å². The second-order valence-corrected chi connectivity index (χ2v) is 4.61. The Morgan fingerprint density at radius 2 is 1.80 bits per heavy atom. The zero-order chi connectivity index (χ0) is 14.5. The minimum Gasteiger partial charge on any atom is -0.497 e. The Morgan fingerprint density at radius 3 is 2.40 bits per heavy atom. The Morgan fingerprint density at radius 1 is 1.10 bits per heavy atom. The molecule has 0 aliphatic carbocycles. The zero-order valence-electron chi connectivity index (χ0n) is 11.5. The summed E-state index contributed by atoms with van der Waals surface area (Å²) < 4.78 is 31.6. The fourth-order valence-electron chi connectivity index (χ4n) is 1.93. The summed E-state index contributed by atoms with van der Waals surface area (Å²) in [5.74, 6) is -0.0665. The third-order valence-corrected chi connectivity index (χ3v) is 3.23. The van der Waals surface area contributed by atoms with E-state index in [1.165, 1.54) is 25.3 Å². The number of nitrogens with one attached hydrogen (secondary N) is 1. The number of hydrogen-bond donors (Lipinski definition) is 1. The molecule has 106 valence electrons. The monoisotopic (exact) mass is 277 g/mol. The summed E-state index contributed by atoms with van der Waals surface area (Å²) in [6.07, 6.45) is 0. The Labute approximate surface area is 117 Å². The van der Waals surface area contributed by atoms with Crippen LogP contribution in [0.15, 0.2) is 42.5 Å². The lowest BCUT2D eigenvalue weighted by Crippen LogP contribution is -2.18. The first-order chi connectivity index (χ1) is 9.60. The molecule has 0 amide bonds. The highest BCUT2D eigenvalue weighted by atomic mass is 19.1. The zero-order valence-corrected chi connectivity index (χ0v) is 11.5. The third kappa shape index (κ3) is 3.54. The van der Waals surface area contributed by atoms with Crippen LogP contribution in [-0.2, 0) is 6.54 Å². The summed E-state index contributed by atoms with van der Waals surface area (Å²) in [5.41, 5.74) is 1.53. The smallest absolute Gasteiger partial charge is 0.131 e. The van der Waals surface area contributed by atoms with Crippen molar-refractivity contribution in [3.8, 4) is 5.75 Å². The van der Waals surface area contributed by atoms with Crippen LogP contribution in [0.2, 0.25) is 0 Å². The van der Waals surface area contributed by atoms with Crippen LogP contribution in [0, 0.1) is 11.6 Å². The average Bonchev–Trinajstić information content (AvgIpc) is 2.46. The number of benzene rings is 2. The summed E-state index contributed by atoms with van der Waals surface area (Å²) in [4.78, 5) is 0. The predicted molar refractivity (Wildman–Crippen MR) is 74.6 cm³/mol. The highest BCUT2D eigenvalue weighted by molar-refractivity contribution is 5.29. The van der Waals surface area contributed by atoms with Crippen molar-refractivity contribution in [3.05, 3.63) is 65.2 Å². The number of hydrogen-bond acceptors (Lipinski definition) is 2. The van der Waals surface area contributed by atoms with Gasteiger partial charge in [-0.3, -0.25) is 0 Å². The molecule has 0 aliphatic heterocycles. The van der Waals surface area contributed by atoms with Gasteiger partial charge < -0.3 is 10.1 Å². The van der Waals surface area contributed by atoms with E-state index in [9.17, 15) is 8.78 Å². The molecule has 20 heavy (non-hydrogen) atoms. The molecule has 2 rings (SSSR count). The molecule has 0 radical (unpaired) electrons. The van der Waals surface area contributed by atoms with Crippen LogP contribution in [-0.4, -0.2) is 7.11 Å². The van der Waals surface area contributed by atoms with Crippen LogP contribution in [0.25, 0.3) is 0 Å². The summed E-state index contributed by atoms with van der Waals surface area (Å²) in [6, 6.07) is 11.1. The van der Waals surface area contributed by atoms with Crippen molar-refractivity contribution in [1.82, 2.24) is 5.32 Å². The van der Waals surface area contributed by atoms with Crippen LogP contribution in [0.1, 0.15) is 24.1 Å². The summed E-state index contributed by atoms with van der Waals surface area (Å²) in [6.45, 7) is 2.35. The van der Waals surface area contributed by atoms with Gasteiger partial charge in [0.25, 0.3) is 0 Å². The first kappa shape index (κ1) is 14.5. The Hall–Kier alpha value is -1.94. The van der Waals surface area contributed by atoms with Gasteiger partial charge in [-0.05, 0) is 30.7 Å². The first-order valence-corrected chi connectivity index (χ1v) is 6.41. The Bertz CT molecular complexity index is 569. The van der Waals surface area contributed by atoms with E-state index in [1.807, 2.05) is 6.92 Å². The highest BCUT2D eigenvalue weighted by Gasteiger charge is 2.08. The fourth-order valence-corrected chi connectivity index (χ4v) is 1.93. The SMILES string of the molecule is COc1ccc(CN[C@H](C)c2ccc(F)cc2)c(F)c1. The highest BCUT2D eigenvalue weighted by Crippen LogP contribution is 2.18. The fraction of sp³-hybridized carbons (Fsp3) is 0.250. The summed E-state index contributed by atoms with van der Waals surface area (Å²) >= 11 is 0. The molecule has 2 aromatic rings. The lowest BCUT2D eigenvalue weighted by Gasteiger charge is -2.15. The number of methoxy groups -OCH3 is 1. The minimum absolute atomic E-state index is 0.0112. The van der Waals surface area contributed by atoms with Gasteiger partial charge in [0, 0.05) is 24.2 Å². The lowest BCUT2D eigenvalue weighted by atomic mass is 10.1. The lowest BCUT2D eigenvalue weighted by molar-refractivity contribution is 0.410. The van der Waals surface area contributed by atoms with E-state index in [2.05, 4.69) is 5.32 Å². The van der Waals surface area contributed by atoms with Crippen molar-refractivity contribution in [2.75, 3.05) is 7.11 Å². The standard InChI is InChI=1S/C16H17F2NO/c1-11(12-3-6-14(17)7-4-12)19-10-13-5-8-15(20-2)9-16(13)18/h3-9,11,19H,10H2,1-2H3/t11-/m1/s1. The van der Waals surface area contributed by atoms with Crippen molar-refractivity contribution in [2.45, 2.75) is 19.5 Å². The molecular weight excluding hydrogens is 260 g/mol. The van der Waals surface area contributed by atoms with Crippen molar-refractivity contribution >= 4 is 0 Å². The first-order valence-electron chi connectivity index (χ1n) is 6.41. The predicted octanol–water partition coefficient (Wildman–Crippen LogP) is 3.82. The van der Waals surface area contributed by atoms with Gasteiger partial charge in [0.15, 0.2) is 0 Å². The molecule has 0 aliphatic rings. The maximum absolute atomic E-state index is 13.8. The second-order valence-electron chi connectivity index (χ2n) is 4.61. The normalized spacial score (nSPS) is 12.2. The minimum atomic E-state index is -0.303. The molecule has 0 saturated carbocycles. The van der Waals surface area contributed by atoms with Crippen molar-refractivity contribution < 1.29 is 13.5 Å². The van der Waals surface area contributed by atoms with Crippen LogP contribution in [0.5, 0.6) is 5.75 Å². The van der Waals surface area contributed by atoms with E-state index in [1.54, 1.807) is 24.3 Å². The molecule has 0 spiro atoms. The van der Waals surface area contributed by atoms with Crippen molar-refractivity contribution in [3.63, 3.8) is 0 Å². The van der Waals surface area contributed by atoms with Gasteiger partial charge in [-0.25, -0.2) is 8.78 Å². The topological polar surface area (TPSA) is 21.3 Å². The Balaban J connectivity index is 1.99. The molecule has 2 nitrogen and oxygen atoms in total. The van der Waals surface area contributed by atoms with Gasteiger partial charge in [0.2, 0.25) is 0 Å². The summed E-state index contributed by atoms with van der Waals surface area (Å²) in [7, 11) is 1.50. The summed E-state index contributed by atoms with van der Waals surface area (Å²) in [5, 5.41) is 3.21. The molecule has 0 unspecified atom stereocenters. The maximum atomic E-state index is 13.8. The largest absolute Gasteiger partial charge is 0.497 e. The van der Waals surface area contributed by atoms with Crippen LogP contribution in [0.3, 0.4) is 0 Å². The van der Waals surface area contributed by atoms with Gasteiger partial charge in [0.05, 0.1) is 7.11 Å². The molecule has 2 aromatic carbocycles. The van der Waals surface area contributed by atoms with Gasteiger partial charge in [-0.15, -0.1) is 0 Å². The molecule has 0 bridgehead atoms. The van der Waals surface area contributed by atoms with E-state index in [-0.39, 0.29) is 17.7 Å².